The molecular weight excluding hydrogens is 468 g/mol. The van der Waals surface area contributed by atoms with E-state index in [2.05, 4.69) is 37.6 Å². The molecule has 1 fully saturated rings. The number of methoxy groups -OCH3 is 1. The predicted octanol–water partition coefficient (Wildman–Crippen LogP) is 2.57. The number of fused-ring (bicyclic) bond motifs is 2. The van der Waals surface area contributed by atoms with Crippen LogP contribution in [0, 0.1) is 0 Å². The minimum absolute atomic E-state index is 0.187. The zero-order valence-corrected chi connectivity index (χ0v) is 21.2. The van der Waals surface area contributed by atoms with Crippen LogP contribution in [-0.4, -0.2) is 65.2 Å². The van der Waals surface area contributed by atoms with Crippen molar-refractivity contribution in [2.75, 3.05) is 33.8 Å². The molecule has 1 aliphatic heterocycles. The molecule has 0 atom stereocenters. The van der Waals surface area contributed by atoms with Gasteiger partial charge in [0.25, 0.3) is 11.5 Å². The average molecular weight is 501 g/mol. The van der Waals surface area contributed by atoms with Gasteiger partial charge in [0.2, 0.25) is 0 Å². The van der Waals surface area contributed by atoms with E-state index in [0.29, 0.717) is 29.4 Å². The molecule has 0 unspecified atom stereocenters. The number of piperidine rings is 1. The Morgan fingerprint density at radius 2 is 1.95 bits per heavy atom. The van der Waals surface area contributed by atoms with Gasteiger partial charge in [0.1, 0.15) is 5.75 Å². The molecule has 4 aromatic rings. The number of carbonyl (C=O) groups excluding carboxylic acids is 1. The van der Waals surface area contributed by atoms with E-state index in [0.717, 1.165) is 61.1 Å². The van der Waals surface area contributed by atoms with Crippen molar-refractivity contribution in [3.8, 4) is 5.75 Å². The van der Waals surface area contributed by atoms with E-state index in [-0.39, 0.29) is 11.5 Å². The summed E-state index contributed by atoms with van der Waals surface area (Å²) in [6.07, 6.45) is 3.84. The van der Waals surface area contributed by atoms with E-state index in [1.165, 1.54) is 6.07 Å². The number of likely N-dealkylation sites (tertiary alicyclic amines) is 1. The lowest BCUT2D eigenvalue weighted by Crippen LogP contribution is -2.43. The second-order valence-electron chi connectivity index (χ2n) is 9.36. The Morgan fingerprint density at radius 3 is 2.73 bits per heavy atom. The van der Waals surface area contributed by atoms with E-state index < -0.39 is 0 Å². The SMILES string of the molecule is CNC(=O)c1cc(=O)n(CCN2CCC(NCc3ccc4cccnc4n3)CC2)c2cc(OC)ccc12. The third-order valence-electron chi connectivity index (χ3n) is 7.11. The Balaban J connectivity index is 1.20. The molecule has 1 aliphatic rings. The minimum Gasteiger partial charge on any atom is -0.497 e. The lowest BCUT2D eigenvalue weighted by atomic mass is 10.0. The molecule has 9 nitrogen and oxygen atoms in total. The molecule has 5 rings (SSSR count). The lowest BCUT2D eigenvalue weighted by molar-refractivity contribution is 0.0964. The third-order valence-corrected chi connectivity index (χ3v) is 7.11. The quantitative estimate of drug-likeness (QED) is 0.383. The fourth-order valence-electron chi connectivity index (χ4n) is 4.98. The van der Waals surface area contributed by atoms with Crippen molar-refractivity contribution in [2.45, 2.75) is 32.0 Å². The van der Waals surface area contributed by atoms with Crippen LogP contribution in [0.25, 0.3) is 21.9 Å². The Labute approximate surface area is 215 Å². The number of carbonyl (C=O) groups is 1. The van der Waals surface area contributed by atoms with Crippen LogP contribution >= 0.6 is 0 Å². The monoisotopic (exact) mass is 500 g/mol. The van der Waals surface area contributed by atoms with E-state index in [1.807, 2.05) is 30.3 Å². The van der Waals surface area contributed by atoms with Gasteiger partial charge in [-0.25, -0.2) is 9.97 Å². The first kappa shape index (κ1) is 24.9. The number of nitrogens with zero attached hydrogens (tertiary/aromatic N) is 4. The number of pyridine rings is 3. The van der Waals surface area contributed by atoms with Gasteiger partial charge in [-0.3, -0.25) is 9.59 Å². The summed E-state index contributed by atoms with van der Waals surface area (Å²) in [4.78, 5) is 36.8. The molecule has 9 heteroatoms. The zero-order chi connectivity index (χ0) is 25.8. The molecule has 1 amide bonds. The number of rotatable bonds is 8. The van der Waals surface area contributed by atoms with Crippen LogP contribution in [0.4, 0.5) is 0 Å². The maximum Gasteiger partial charge on any atom is 0.251 e. The van der Waals surface area contributed by atoms with Crippen molar-refractivity contribution in [2.24, 2.45) is 0 Å². The van der Waals surface area contributed by atoms with Gasteiger partial charge in [0, 0.05) is 61.8 Å². The summed E-state index contributed by atoms with van der Waals surface area (Å²) in [5, 5.41) is 8.05. The highest BCUT2D eigenvalue weighted by molar-refractivity contribution is 6.06. The van der Waals surface area contributed by atoms with E-state index in [4.69, 9.17) is 4.74 Å². The van der Waals surface area contributed by atoms with Crippen molar-refractivity contribution in [1.82, 2.24) is 30.1 Å². The molecule has 0 saturated carbocycles. The summed E-state index contributed by atoms with van der Waals surface area (Å²) < 4.78 is 7.13. The fraction of sp³-hybridized carbons (Fsp3) is 0.357. The predicted molar refractivity (Wildman–Crippen MR) is 144 cm³/mol. The zero-order valence-electron chi connectivity index (χ0n) is 21.2. The summed E-state index contributed by atoms with van der Waals surface area (Å²) in [7, 11) is 3.16. The number of benzene rings is 1. The van der Waals surface area contributed by atoms with Crippen LogP contribution < -0.4 is 20.9 Å². The summed E-state index contributed by atoms with van der Waals surface area (Å²) in [5.41, 5.74) is 2.67. The molecule has 192 valence electrons. The molecule has 1 aromatic carbocycles. The number of ether oxygens (including phenoxy) is 1. The maximum absolute atomic E-state index is 13.0. The highest BCUT2D eigenvalue weighted by Gasteiger charge is 2.20. The summed E-state index contributed by atoms with van der Waals surface area (Å²) in [6, 6.07) is 15.4. The molecule has 0 radical (unpaired) electrons. The van der Waals surface area contributed by atoms with Gasteiger partial charge >= 0.3 is 0 Å². The van der Waals surface area contributed by atoms with Crippen LogP contribution in [0.2, 0.25) is 0 Å². The van der Waals surface area contributed by atoms with Gasteiger partial charge in [-0.2, -0.15) is 0 Å². The molecule has 37 heavy (non-hydrogen) atoms. The number of hydrogen-bond acceptors (Lipinski definition) is 7. The standard InChI is InChI=1S/C28H32N6O3/c1-29-28(36)24-17-26(35)34(25-16-22(37-2)7-8-23(24)25)15-14-33-12-9-20(10-13-33)31-18-21-6-5-19-4-3-11-30-27(19)32-21/h3-8,11,16-17,20,31H,9-10,12-15,18H2,1-2H3,(H,29,36). The number of hydrogen-bond donors (Lipinski definition) is 2. The number of nitrogens with one attached hydrogen (secondary N) is 2. The van der Waals surface area contributed by atoms with Crippen molar-refractivity contribution in [1.29, 1.82) is 0 Å². The average Bonchev–Trinajstić information content (AvgIpc) is 2.95. The van der Waals surface area contributed by atoms with Crippen molar-refractivity contribution in [3.63, 3.8) is 0 Å². The van der Waals surface area contributed by atoms with Gasteiger partial charge < -0.3 is 24.8 Å². The van der Waals surface area contributed by atoms with Crippen LogP contribution in [0.3, 0.4) is 0 Å². The van der Waals surface area contributed by atoms with E-state index in [1.54, 1.807) is 24.9 Å². The third kappa shape index (κ3) is 5.47. The Bertz CT molecular complexity index is 1480. The van der Waals surface area contributed by atoms with E-state index in [9.17, 15) is 9.59 Å². The Morgan fingerprint density at radius 1 is 1.11 bits per heavy atom. The molecule has 0 bridgehead atoms. The number of aromatic nitrogens is 3. The molecule has 0 aliphatic carbocycles. The van der Waals surface area contributed by atoms with Gasteiger partial charge in [0.05, 0.1) is 23.9 Å². The fourth-order valence-corrected chi connectivity index (χ4v) is 4.98. The minimum atomic E-state index is -0.274. The highest BCUT2D eigenvalue weighted by atomic mass is 16.5. The first-order chi connectivity index (χ1) is 18.1. The second-order valence-corrected chi connectivity index (χ2v) is 9.36. The molecule has 1 saturated heterocycles. The normalized spacial score (nSPS) is 14.8. The summed E-state index contributed by atoms with van der Waals surface area (Å²) in [5.74, 6) is 0.377. The smallest absolute Gasteiger partial charge is 0.251 e. The summed E-state index contributed by atoms with van der Waals surface area (Å²) >= 11 is 0. The number of amides is 1. The van der Waals surface area contributed by atoms with Crippen LogP contribution in [0.5, 0.6) is 5.75 Å². The molecular formula is C28H32N6O3. The topological polar surface area (TPSA) is 101 Å². The van der Waals surface area contributed by atoms with Gasteiger partial charge in [-0.05, 0) is 62.3 Å². The van der Waals surface area contributed by atoms with Gasteiger partial charge in [0.15, 0.2) is 5.65 Å². The molecule has 2 N–H and O–H groups in total. The van der Waals surface area contributed by atoms with Crippen molar-refractivity contribution < 1.29 is 9.53 Å². The van der Waals surface area contributed by atoms with Crippen molar-refractivity contribution in [3.05, 3.63) is 76.3 Å². The molecule has 4 heterocycles. The maximum atomic E-state index is 13.0. The van der Waals surface area contributed by atoms with Crippen LogP contribution in [0.15, 0.2) is 59.5 Å². The Kier molecular flexibility index (Phi) is 7.43. The lowest BCUT2D eigenvalue weighted by Gasteiger charge is -2.32. The largest absolute Gasteiger partial charge is 0.497 e. The second kappa shape index (κ2) is 11.1. The van der Waals surface area contributed by atoms with Crippen LogP contribution in [0.1, 0.15) is 28.9 Å². The molecule has 0 spiro atoms. The first-order valence-corrected chi connectivity index (χ1v) is 12.7. The summed E-state index contributed by atoms with van der Waals surface area (Å²) in [6.45, 7) is 3.93. The van der Waals surface area contributed by atoms with Crippen LogP contribution in [-0.2, 0) is 13.1 Å². The van der Waals surface area contributed by atoms with Gasteiger partial charge in [-0.1, -0.05) is 0 Å². The highest BCUT2D eigenvalue weighted by Crippen LogP contribution is 2.23. The van der Waals surface area contributed by atoms with E-state index >= 15 is 0 Å². The molecule has 3 aromatic heterocycles. The first-order valence-electron chi connectivity index (χ1n) is 12.7. The Hall–Kier alpha value is -3.82. The van der Waals surface area contributed by atoms with Gasteiger partial charge in [-0.15, -0.1) is 0 Å². The van der Waals surface area contributed by atoms with Crippen molar-refractivity contribution >= 4 is 27.8 Å².